The third-order valence-electron chi connectivity index (χ3n) is 5.00. The van der Waals surface area contributed by atoms with Crippen LogP contribution in [0.1, 0.15) is 18.4 Å². The summed E-state index contributed by atoms with van der Waals surface area (Å²) < 4.78 is 32.0. The van der Waals surface area contributed by atoms with Crippen molar-refractivity contribution in [3.05, 3.63) is 59.1 Å². The highest BCUT2D eigenvalue weighted by Gasteiger charge is 2.33. The molecule has 1 heterocycles. The molecule has 0 bridgehead atoms. The van der Waals surface area contributed by atoms with Crippen molar-refractivity contribution in [3.63, 3.8) is 0 Å². The first-order chi connectivity index (χ1) is 15.7. The number of amidine groups is 1. The number of carbonyl (C=O) groups excluding carboxylic acids is 2. The number of hydrogen-bond donors (Lipinski definition) is 2. The van der Waals surface area contributed by atoms with Crippen molar-refractivity contribution in [2.24, 2.45) is 22.5 Å². The predicted molar refractivity (Wildman–Crippen MR) is 121 cm³/mol. The Balaban J connectivity index is 1.53. The molecule has 33 heavy (non-hydrogen) atoms. The maximum absolute atomic E-state index is 12.7. The average molecular weight is 495 g/mol. The summed E-state index contributed by atoms with van der Waals surface area (Å²) in [7, 11) is -3.66. The summed E-state index contributed by atoms with van der Waals surface area (Å²) in [6, 6.07) is 12.2. The maximum atomic E-state index is 12.7. The molecular weight excluding hydrogens is 472 g/mol. The van der Waals surface area contributed by atoms with Crippen molar-refractivity contribution in [1.82, 2.24) is 4.31 Å². The van der Waals surface area contributed by atoms with E-state index in [9.17, 15) is 18.0 Å². The summed E-state index contributed by atoms with van der Waals surface area (Å²) in [5, 5.41) is 4.13. The monoisotopic (exact) mass is 494 g/mol. The van der Waals surface area contributed by atoms with E-state index in [1.807, 2.05) is 0 Å². The van der Waals surface area contributed by atoms with Crippen molar-refractivity contribution < 1.29 is 27.6 Å². The van der Waals surface area contributed by atoms with Crippen LogP contribution in [0.25, 0.3) is 0 Å². The highest BCUT2D eigenvalue weighted by atomic mass is 35.5. The molecule has 2 aromatic carbocycles. The van der Waals surface area contributed by atoms with Gasteiger partial charge in [0, 0.05) is 23.7 Å². The number of hydrogen-bond acceptors (Lipinski definition) is 7. The van der Waals surface area contributed by atoms with E-state index in [1.165, 1.54) is 28.6 Å². The van der Waals surface area contributed by atoms with Gasteiger partial charge in [-0.2, -0.15) is 4.31 Å². The molecule has 0 saturated carbocycles. The van der Waals surface area contributed by atoms with E-state index in [4.69, 9.17) is 32.6 Å². The van der Waals surface area contributed by atoms with E-state index in [0.29, 0.717) is 29.2 Å². The molecule has 1 fully saturated rings. The number of benzene rings is 2. The van der Waals surface area contributed by atoms with Crippen LogP contribution in [0.4, 0.5) is 0 Å². The molecule has 4 N–H and O–H groups in total. The van der Waals surface area contributed by atoms with E-state index in [-0.39, 0.29) is 30.4 Å². The minimum atomic E-state index is -3.66. The zero-order chi connectivity index (χ0) is 24.0. The fraction of sp³-hybridized carbons (Fsp3) is 0.286. The van der Waals surface area contributed by atoms with Crippen molar-refractivity contribution in [1.29, 1.82) is 0 Å². The summed E-state index contributed by atoms with van der Waals surface area (Å²) >= 11 is 5.82. The first-order valence-corrected chi connectivity index (χ1v) is 11.8. The molecule has 3 rings (SSSR count). The van der Waals surface area contributed by atoms with Gasteiger partial charge in [0.15, 0.2) is 12.4 Å². The van der Waals surface area contributed by atoms with Gasteiger partial charge in [-0.05, 0) is 61.4 Å². The van der Waals surface area contributed by atoms with Crippen LogP contribution < -0.4 is 16.2 Å². The number of nitrogens with two attached hydrogens (primary N) is 2. The van der Waals surface area contributed by atoms with Gasteiger partial charge >= 0.3 is 5.97 Å². The number of halogens is 1. The number of nitrogens with zero attached hydrogens (tertiary/aromatic N) is 2. The molecule has 1 saturated heterocycles. The van der Waals surface area contributed by atoms with E-state index < -0.39 is 27.8 Å². The van der Waals surface area contributed by atoms with E-state index in [0.717, 1.165) is 0 Å². The number of ether oxygens (including phenoxy) is 1. The standard InChI is InChI=1S/C21H23ClN4O6S/c22-16-3-7-18(8-4-16)33(29,30)26-11-9-15(10-12-26)21(28)32-25-20(24)14-1-5-17(6-2-14)31-13-19(23)27/h1-8,15H,9-13H2,(H2,23,27)(H2,24,25). The molecule has 0 aromatic heterocycles. The lowest BCUT2D eigenvalue weighted by Crippen LogP contribution is -2.40. The Kier molecular flexibility index (Phi) is 7.90. The van der Waals surface area contributed by atoms with E-state index >= 15 is 0 Å². The lowest BCUT2D eigenvalue weighted by molar-refractivity contribution is -0.149. The van der Waals surface area contributed by atoms with Crippen LogP contribution in [0.5, 0.6) is 5.75 Å². The summed E-state index contributed by atoms with van der Waals surface area (Å²) in [5.74, 6) is -1.28. The van der Waals surface area contributed by atoms with Gasteiger partial charge in [-0.3, -0.25) is 4.79 Å². The Morgan fingerprint density at radius 2 is 1.64 bits per heavy atom. The number of primary amides is 1. The van der Waals surface area contributed by atoms with Crippen molar-refractivity contribution in [2.45, 2.75) is 17.7 Å². The van der Waals surface area contributed by atoms with Crippen molar-refractivity contribution in [3.8, 4) is 5.75 Å². The van der Waals surface area contributed by atoms with Gasteiger partial charge in [0.05, 0.1) is 10.8 Å². The Bertz CT molecular complexity index is 1130. The number of sulfonamides is 1. The third kappa shape index (κ3) is 6.44. The zero-order valence-electron chi connectivity index (χ0n) is 17.5. The Morgan fingerprint density at radius 1 is 1.03 bits per heavy atom. The van der Waals surface area contributed by atoms with Gasteiger partial charge in [0.25, 0.3) is 5.91 Å². The number of amides is 1. The number of oxime groups is 1. The Hall–Kier alpha value is -3.15. The largest absolute Gasteiger partial charge is 0.484 e. The summed E-state index contributed by atoms with van der Waals surface area (Å²) in [4.78, 5) is 28.2. The van der Waals surface area contributed by atoms with Crippen LogP contribution in [0.2, 0.25) is 5.02 Å². The summed E-state index contributed by atoms with van der Waals surface area (Å²) in [6.07, 6.45) is 0.597. The molecular formula is C21H23ClN4O6S. The first-order valence-electron chi connectivity index (χ1n) is 9.98. The Labute approximate surface area is 196 Å². The normalized spacial score (nSPS) is 15.7. The van der Waals surface area contributed by atoms with Gasteiger partial charge in [0.2, 0.25) is 10.0 Å². The van der Waals surface area contributed by atoms with Crippen LogP contribution in [0.3, 0.4) is 0 Å². The topological polar surface area (TPSA) is 154 Å². The van der Waals surface area contributed by atoms with Crippen LogP contribution in [-0.4, -0.2) is 50.1 Å². The number of carbonyl (C=O) groups is 2. The molecule has 0 radical (unpaired) electrons. The molecule has 1 aliphatic rings. The van der Waals surface area contributed by atoms with Crippen LogP contribution >= 0.6 is 11.6 Å². The fourth-order valence-corrected chi connectivity index (χ4v) is 4.78. The second kappa shape index (κ2) is 10.6. The molecule has 176 valence electrons. The highest BCUT2D eigenvalue weighted by Crippen LogP contribution is 2.25. The second-order valence-corrected chi connectivity index (χ2v) is 9.67. The molecule has 1 amide bonds. The van der Waals surface area contributed by atoms with Crippen LogP contribution in [0.15, 0.2) is 58.6 Å². The van der Waals surface area contributed by atoms with Crippen molar-refractivity contribution in [2.75, 3.05) is 19.7 Å². The lowest BCUT2D eigenvalue weighted by atomic mass is 9.99. The zero-order valence-corrected chi connectivity index (χ0v) is 19.1. The molecule has 0 spiro atoms. The van der Waals surface area contributed by atoms with Crippen molar-refractivity contribution >= 4 is 39.3 Å². The van der Waals surface area contributed by atoms with E-state index in [2.05, 4.69) is 5.16 Å². The summed E-state index contributed by atoms with van der Waals surface area (Å²) in [6.45, 7) is 0.105. The SMILES string of the molecule is NC(=O)COc1ccc(/C(N)=N/OC(=O)C2CCN(S(=O)(=O)c3ccc(Cl)cc3)CC2)cc1. The molecule has 0 atom stereocenters. The highest BCUT2D eigenvalue weighted by molar-refractivity contribution is 7.89. The quantitative estimate of drug-likeness (QED) is 0.243. The number of rotatable bonds is 8. The minimum absolute atomic E-state index is 0.0208. The molecule has 10 nitrogen and oxygen atoms in total. The van der Waals surface area contributed by atoms with Gasteiger partial charge in [-0.15, -0.1) is 0 Å². The first kappa shape index (κ1) is 24.5. The third-order valence-corrected chi connectivity index (χ3v) is 7.17. The molecule has 1 aliphatic heterocycles. The maximum Gasteiger partial charge on any atom is 0.338 e. The molecule has 0 aliphatic carbocycles. The fourth-order valence-electron chi connectivity index (χ4n) is 3.19. The minimum Gasteiger partial charge on any atom is -0.484 e. The molecule has 12 heteroatoms. The van der Waals surface area contributed by atoms with Gasteiger partial charge in [-0.1, -0.05) is 16.8 Å². The van der Waals surface area contributed by atoms with Crippen LogP contribution in [-0.2, 0) is 24.4 Å². The predicted octanol–water partition coefficient (Wildman–Crippen LogP) is 1.47. The number of piperidine rings is 1. The van der Waals surface area contributed by atoms with Crippen LogP contribution in [0, 0.1) is 5.92 Å². The average Bonchev–Trinajstić information content (AvgIpc) is 2.81. The molecule has 2 aromatic rings. The smallest absolute Gasteiger partial charge is 0.338 e. The van der Waals surface area contributed by atoms with E-state index in [1.54, 1.807) is 24.3 Å². The Morgan fingerprint density at radius 3 is 2.21 bits per heavy atom. The second-order valence-electron chi connectivity index (χ2n) is 7.30. The molecule has 0 unspecified atom stereocenters. The lowest BCUT2D eigenvalue weighted by Gasteiger charge is -2.29. The summed E-state index contributed by atoms with van der Waals surface area (Å²) in [5.41, 5.74) is 11.4. The van der Waals surface area contributed by atoms with Gasteiger partial charge in [0.1, 0.15) is 5.75 Å². The van der Waals surface area contributed by atoms with Gasteiger partial charge < -0.3 is 21.0 Å². The van der Waals surface area contributed by atoms with Gasteiger partial charge in [-0.25, -0.2) is 13.2 Å².